The van der Waals surface area contributed by atoms with Gasteiger partial charge in [0.15, 0.2) is 0 Å². The summed E-state index contributed by atoms with van der Waals surface area (Å²) in [5.74, 6) is 0.669. The molecule has 7 nitrogen and oxygen atoms in total. The van der Waals surface area contributed by atoms with Crippen LogP contribution < -0.4 is 10.1 Å². The van der Waals surface area contributed by atoms with E-state index in [4.69, 9.17) is 13.9 Å². The number of carbonyl (C=O) groups is 2. The number of carbonyl (C=O) groups excluding carboxylic acids is 2. The largest absolute Gasteiger partial charge is 0.497 e. The Morgan fingerprint density at radius 3 is 2.39 bits per heavy atom. The average molecular weight is 416 g/mol. The molecule has 0 aliphatic rings. The first-order valence-electron chi connectivity index (χ1n) is 9.48. The van der Waals surface area contributed by atoms with E-state index in [1.807, 2.05) is 30.3 Å². The van der Waals surface area contributed by atoms with Crippen molar-refractivity contribution < 1.29 is 23.5 Å². The molecular weight excluding hydrogens is 396 g/mol. The molecule has 1 N–H and O–H groups in total. The number of nitrogens with zero attached hydrogens (tertiary/aromatic N) is 1. The van der Waals surface area contributed by atoms with Crippen molar-refractivity contribution in [3.05, 3.63) is 77.6 Å². The van der Waals surface area contributed by atoms with Gasteiger partial charge in [-0.1, -0.05) is 0 Å². The summed E-state index contributed by atoms with van der Waals surface area (Å²) in [7, 11) is 1.59. The third-order valence-corrected chi connectivity index (χ3v) is 4.31. The van der Waals surface area contributed by atoms with Crippen molar-refractivity contribution in [2.75, 3.05) is 19.0 Å². The molecule has 0 radical (unpaired) electrons. The van der Waals surface area contributed by atoms with Crippen LogP contribution in [0.25, 0.3) is 17.4 Å². The van der Waals surface area contributed by atoms with Crippen LogP contribution in [0.3, 0.4) is 0 Å². The minimum Gasteiger partial charge on any atom is -0.497 e. The summed E-state index contributed by atoms with van der Waals surface area (Å²) in [5.41, 5.74) is 1.53. The molecule has 0 aliphatic heterocycles. The molecule has 0 aliphatic carbocycles. The van der Waals surface area contributed by atoms with Gasteiger partial charge >= 0.3 is 5.97 Å². The first-order valence-corrected chi connectivity index (χ1v) is 9.48. The fourth-order valence-electron chi connectivity index (χ4n) is 2.73. The first-order chi connectivity index (χ1) is 15.0. The number of nitrogens with one attached hydrogen (secondary N) is 1. The van der Waals surface area contributed by atoms with Gasteiger partial charge in [0, 0.05) is 17.3 Å². The SMILES string of the molecule is CCOC(=O)c1ccc(NC(=O)C(C#N)=Cc2ccc(-c3ccc(OC)cc3)o2)cc1. The number of ether oxygens (including phenoxy) is 2. The molecule has 3 aromatic rings. The van der Waals surface area contributed by atoms with E-state index in [9.17, 15) is 14.9 Å². The molecular formula is C24H20N2O5. The molecule has 31 heavy (non-hydrogen) atoms. The summed E-state index contributed by atoms with van der Waals surface area (Å²) >= 11 is 0. The van der Waals surface area contributed by atoms with Crippen LogP contribution in [0.1, 0.15) is 23.0 Å². The van der Waals surface area contributed by atoms with Crippen LogP contribution in [-0.2, 0) is 9.53 Å². The number of anilines is 1. The fraction of sp³-hybridized carbons (Fsp3) is 0.125. The molecule has 0 unspecified atom stereocenters. The molecule has 1 amide bonds. The van der Waals surface area contributed by atoms with Crippen LogP contribution in [0, 0.1) is 11.3 Å². The molecule has 7 heteroatoms. The molecule has 0 atom stereocenters. The maximum absolute atomic E-state index is 12.5. The Hall–Kier alpha value is -4.31. The second-order valence-corrected chi connectivity index (χ2v) is 6.35. The Morgan fingerprint density at radius 1 is 1.06 bits per heavy atom. The highest BCUT2D eigenvalue weighted by molar-refractivity contribution is 6.09. The van der Waals surface area contributed by atoms with E-state index in [0.29, 0.717) is 22.8 Å². The van der Waals surface area contributed by atoms with Crippen molar-refractivity contribution in [2.45, 2.75) is 6.92 Å². The van der Waals surface area contributed by atoms with Gasteiger partial charge in [-0.05, 0) is 67.6 Å². The number of nitriles is 1. The molecule has 0 spiro atoms. The van der Waals surface area contributed by atoms with Gasteiger partial charge < -0.3 is 19.2 Å². The third-order valence-electron chi connectivity index (χ3n) is 4.31. The quantitative estimate of drug-likeness (QED) is 0.341. The number of benzene rings is 2. The van der Waals surface area contributed by atoms with Gasteiger partial charge in [-0.3, -0.25) is 4.79 Å². The number of rotatable bonds is 7. The maximum Gasteiger partial charge on any atom is 0.338 e. The lowest BCUT2D eigenvalue weighted by atomic mass is 10.1. The van der Waals surface area contributed by atoms with E-state index in [-0.39, 0.29) is 12.2 Å². The molecule has 2 aromatic carbocycles. The minimum absolute atomic E-state index is 0.120. The normalized spacial score (nSPS) is 10.8. The van der Waals surface area contributed by atoms with E-state index >= 15 is 0 Å². The highest BCUT2D eigenvalue weighted by Crippen LogP contribution is 2.25. The zero-order valence-electron chi connectivity index (χ0n) is 17.0. The van der Waals surface area contributed by atoms with E-state index in [1.54, 1.807) is 38.3 Å². The van der Waals surface area contributed by atoms with Crippen molar-refractivity contribution in [1.29, 1.82) is 5.26 Å². The van der Waals surface area contributed by atoms with E-state index in [2.05, 4.69) is 5.32 Å². The maximum atomic E-state index is 12.5. The number of furan rings is 1. The van der Waals surface area contributed by atoms with Crippen LogP contribution in [0.5, 0.6) is 5.75 Å². The molecule has 156 valence electrons. The van der Waals surface area contributed by atoms with E-state index in [0.717, 1.165) is 11.3 Å². The molecule has 3 rings (SSSR count). The van der Waals surface area contributed by atoms with E-state index in [1.165, 1.54) is 18.2 Å². The van der Waals surface area contributed by atoms with Crippen molar-refractivity contribution >= 4 is 23.6 Å². The van der Waals surface area contributed by atoms with Crippen molar-refractivity contribution in [3.8, 4) is 23.1 Å². The third kappa shape index (κ3) is 5.40. The zero-order valence-corrected chi connectivity index (χ0v) is 17.0. The highest BCUT2D eigenvalue weighted by atomic mass is 16.5. The summed E-state index contributed by atoms with van der Waals surface area (Å²) in [5, 5.41) is 12.0. The van der Waals surface area contributed by atoms with Gasteiger partial charge in [0.25, 0.3) is 5.91 Å². The fourth-order valence-corrected chi connectivity index (χ4v) is 2.73. The summed E-state index contributed by atoms with van der Waals surface area (Å²) in [6.45, 7) is 2.00. The van der Waals surface area contributed by atoms with E-state index < -0.39 is 11.9 Å². The second-order valence-electron chi connectivity index (χ2n) is 6.35. The Bertz CT molecular complexity index is 1140. The standard InChI is InChI=1S/C24H20N2O5/c1-3-30-24(28)17-4-8-19(9-5-17)26-23(27)18(15-25)14-21-12-13-22(31-21)16-6-10-20(29-2)11-7-16/h4-14H,3H2,1-2H3,(H,26,27). The van der Waals surface area contributed by atoms with Crippen molar-refractivity contribution in [2.24, 2.45) is 0 Å². The number of methoxy groups -OCH3 is 1. The predicted octanol–water partition coefficient (Wildman–Crippen LogP) is 4.68. The predicted molar refractivity (Wildman–Crippen MR) is 115 cm³/mol. The van der Waals surface area contributed by atoms with Gasteiger partial charge in [-0.2, -0.15) is 5.26 Å². The molecule has 1 heterocycles. The Kier molecular flexibility index (Phi) is 6.86. The smallest absolute Gasteiger partial charge is 0.338 e. The average Bonchev–Trinajstić information content (AvgIpc) is 3.26. The van der Waals surface area contributed by atoms with Gasteiger partial charge in [-0.15, -0.1) is 0 Å². The van der Waals surface area contributed by atoms with Gasteiger partial charge in [-0.25, -0.2) is 4.79 Å². The summed E-state index contributed by atoms with van der Waals surface area (Å²) in [4.78, 5) is 24.2. The molecule has 0 fully saturated rings. The number of esters is 1. The van der Waals surface area contributed by atoms with Crippen molar-refractivity contribution in [1.82, 2.24) is 0 Å². The Morgan fingerprint density at radius 2 is 1.77 bits per heavy atom. The molecule has 0 bridgehead atoms. The Balaban J connectivity index is 1.71. The van der Waals surface area contributed by atoms with Crippen molar-refractivity contribution in [3.63, 3.8) is 0 Å². The summed E-state index contributed by atoms with van der Waals surface area (Å²) in [6, 6.07) is 18.8. The number of amides is 1. The molecule has 0 saturated carbocycles. The van der Waals surface area contributed by atoms with Crippen LogP contribution in [0.2, 0.25) is 0 Å². The van der Waals surface area contributed by atoms with Crippen LogP contribution in [0.4, 0.5) is 5.69 Å². The van der Waals surface area contributed by atoms with Gasteiger partial charge in [0.2, 0.25) is 0 Å². The minimum atomic E-state index is -0.589. The van der Waals surface area contributed by atoms with Crippen LogP contribution >= 0.6 is 0 Å². The second kappa shape index (κ2) is 9.94. The number of hydrogen-bond acceptors (Lipinski definition) is 6. The summed E-state index contributed by atoms with van der Waals surface area (Å²) in [6.07, 6.45) is 1.37. The van der Waals surface area contributed by atoms with Gasteiger partial charge in [0.1, 0.15) is 28.9 Å². The molecule has 0 saturated heterocycles. The molecule has 1 aromatic heterocycles. The first kappa shape index (κ1) is 21.4. The number of hydrogen-bond donors (Lipinski definition) is 1. The lowest BCUT2D eigenvalue weighted by molar-refractivity contribution is -0.112. The van der Waals surface area contributed by atoms with Crippen LogP contribution in [0.15, 0.2) is 70.7 Å². The monoisotopic (exact) mass is 416 g/mol. The summed E-state index contributed by atoms with van der Waals surface area (Å²) < 4.78 is 15.8. The Labute approximate surface area is 179 Å². The highest BCUT2D eigenvalue weighted by Gasteiger charge is 2.13. The zero-order chi connectivity index (χ0) is 22.2. The van der Waals surface area contributed by atoms with Gasteiger partial charge in [0.05, 0.1) is 19.3 Å². The topological polar surface area (TPSA) is 102 Å². The lowest BCUT2D eigenvalue weighted by Gasteiger charge is -2.06. The van der Waals surface area contributed by atoms with Crippen LogP contribution in [-0.4, -0.2) is 25.6 Å². The lowest BCUT2D eigenvalue weighted by Crippen LogP contribution is -2.13.